The Morgan fingerprint density at radius 2 is 1.92 bits per heavy atom. The zero-order valence-corrected chi connectivity index (χ0v) is 33.9. The Labute approximate surface area is 320 Å². The maximum Gasteiger partial charge on any atom is 0.335 e. The number of aromatic carboxylic acids is 1. The van der Waals surface area contributed by atoms with E-state index < -0.39 is 14.3 Å². The van der Waals surface area contributed by atoms with Gasteiger partial charge in [-0.25, -0.2) is 14.8 Å². The first kappa shape index (κ1) is 37.5. The molecule has 4 aliphatic rings. The van der Waals surface area contributed by atoms with Crippen LogP contribution >= 0.6 is 23.4 Å². The first-order chi connectivity index (χ1) is 24.8. The Kier molecular flexibility index (Phi) is 10.9. The number of halogens is 1. The first-order valence-electron chi connectivity index (χ1n) is 19.1. The van der Waals surface area contributed by atoms with Gasteiger partial charge in [0.1, 0.15) is 5.75 Å². The molecule has 1 unspecified atom stereocenters. The summed E-state index contributed by atoms with van der Waals surface area (Å²) < 4.78 is 14.0. The number of carboxylic acid groups (broad SMARTS) is 1. The highest BCUT2D eigenvalue weighted by Crippen LogP contribution is 2.49. The smallest absolute Gasteiger partial charge is 0.335 e. The normalized spacial score (nSPS) is 26.5. The van der Waals surface area contributed by atoms with Crippen LogP contribution in [0.25, 0.3) is 0 Å². The van der Waals surface area contributed by atoms with Crippen molar-refractivity contribution < 1.29 is 19.1 Å². The van der Waals surface area contributed by atoms with Crippen LogP contribution in [0.2, 0.25) is 23.2 Å². The third-order valence-electron chi connectivity index (χ3n) is 12.9. The molecule has 7 nitrogen and oxygen atoms in total. The number of benzene rings is 2. The molecule has 1 aromatic heterocycles. The highest BCUT2D eigenvalue weighted by Gasteiger charge is 2.47. The average Bonchev–Trinajstić information content (AvgIpc) is 3.22. The average molecular weight is 761 g/mol. The number of ether oxygens (including phenoxy) is 1. The van der Waals surface area contributed by atoms with Crippen molar-refractivity contribution in [3.63, 3.8) is 0 Å². The van der Waals surface area contributed by atoms with Crippen LogP contribution in [-0.2, 0) is 16.3 Å². The van der Waals surface area contributed by atoms with Crippen LogP contribution in [0.3, 0.4) is 0 Å². The summed E-state index contributed by atoms with van der Waals surface area (Å²) >= 11 is 8.25. The van der Waals surface area contributed by atoms with Crippen LogP contribution in [0.5, 0.6) is 5.75 Å². The molecule has 2 saturated carbocycles. The summed E-state index contributed by atoms with van der Waals surface area (Å²) in [5, 5.41) is 11.7. The molecule has 2 aromatic carbocycles. The number of thioether (sulfide) groups is 1. The standard InChI is InChI=1S/C42H54ClN3O4SSi/c1-41(2,3)52(4,5)50-37(17-12-28-9-10-32(28)25-51-40-44-20-7-21-45-40)34-15-11-31(34)24-46-26-42(19-6-8-29-22-33(43)14-16-35(29)42)27-49-38-18-13-30(39(47)48)23-36(38)46/h7,12-14,16-18,20-23,28,31-32,34,37H,6,8-11,15,19,24-27H2,1-5H3,(H,47,48)/b17-12+/t28-,31+,32-,34-,37+,42?/m1/s1. The van der Waals surface area contributed by atoms with E-state index in [-0.39, 0.29) is 16.6 Å². The Hall–Kier alpha value is -2.85. The van der Waals surface area contributed by atoms with Crippen LogP contribution in [-0.4, -0.2) is 60.9 Å². The molecule has 2 fully saturated rings. The monoisotopic (exact) mass is 759 g/mol. The van der Waals surface area contributed by atoms with Crippen LogP contribution in [0.15, 0.2) is 72.2 Å². The lowest BCUT2D eigenvalue weighted by Gasteiger charge is -2.48. The topological polar surface area (TPSA) is 84.8 Å². The fraction of sp³-hybridized carbons (Fsp3) is 0.548. The van der Waals surface area contributed by atoms with Crippen LogP contribution in [0.4, 0.5) is 5.69 Å². The molecule has 1 spiro atoms. The van der Waals surface area contributed by atoms with Crippen molar-refractivity contribution in [1.29, 1.82) is 0 Å². The molecule has 3 aliphatic carbocycles. The third kappa shape index (κ3) is 7.84. The largest absolute Gasteiger partial charge is 0.490 e. The van der Waals surface area contributed by atoms with Gasteiger partial charge in [0.05, 0.1) is 24.0 Å². The van der Waals surface area contributed by atoms with E-state index in [9.17, 15) is 9.90 Å². The number of hydrogen-bond donors (Lipinski definition) is 1. The molecule has 1 aliphatic heterocycles. The van der Waals surface area contributed by atoms with Crippen molar-refractivity contribution in [2.24, 2.45) is 23.7 Å². The van der Waals surface area contributed by atoms with E-state index in [1.165, 1.54) is 24.0 Å². The number of carbonyl (C=O) groups is 1. The summed E-state index contributed by atoms with van der Waals surface area (Å²) in [5.74, 6) is 2.85. The zero-order valence-electron chi connectivity index (χ0n) is 31.3. The first-order valence-corrected chi connectivity index (χ1v) is 23.4. The lowest BCUT2D eigenvalue weighted by molar-refractivity contribution is 0.0519. The Balaban J connectivity index is 1.15. The summed E-state index contributed by atoms with van der Waals surface area (Å²) in [7, 11) is -2.08. The SMILES string of the molecule is CC(C)(C)[Si](C)(C)O[C@@H](/C=C/[C@H]1CC[C@@H]1CSc1ncccn1)[C@@H]1CC[C@H]1CN1CC2(CCCc3cc(Cl)ccc32)COc2ccc(C(=O)O)cc21. The van der Waals surface area contributed by atoms with E-state index in [2.05, 4.69) is 73.0 Å². The number of rotatable bonds is 11. The van der Waals surface area contributed by atoms with Gasteiger partial charge in [0, 0.05) is 41.7 Å². The molecular formula is C42H54ClN3O4SSi. The van der Waals surface area contributed by atoms with Gasteiger partial charge in [0.15, 0.2) is 13.5 Å². The molecule has 2 heterocycles. The highest BCUT2D eigenvalue weighted by molar-refractivity contribution is 7.99. The lowest BCUT2D eigenvalue weighted by atomic mass is 9.68. The lowest BCUT2D eigenvalue weighted by Crippen LogP contribution is -2.52. The third-order valence-corrected chi connectivity index (χ3v) is 18.6. The van der Waals surface area contributed by atoms with Crippen LogP contribution < -0.4 is 9.64 Å². The predicted octanol–water partition coefficient (Wildman–Crippen LogP) is 10.1. The summed E-state index contributed by atoms with van der Waals surface area (Å²) in [5.41, 5.74) is 3.59. The van der Waals surface area contributed by atoms with Crippen molar-refractivity contribution in [3.05, 3.63) is 88.7 Å². The van der Waals surface area contributed by atoms with Gasteiger partial charge in [0.25, 0.3) is 0 Å². The molecule has 7 rings (SSSR count). The number of nitrogens with zero attached hydrogens (tertiary/aromatic N) is 3. The molecule has 3 aromatic rings. The second-order valence-corrected chi connectivity index (χ2v) is 23.3. The van der Waals surface area contributed by atoms with Crippen molar-refractivity contribution in [1.82, 2.24) is 9.97 Å². The maximum absolute atomic E-state index is 12.2. The van der Waals surface area contributed by atoms with E-state index >= 15 is 0 Å². The molecule has 52 heavy (non-hydrogen) atoms. The van der Waals surface area contributed by atoms with Gasteiger partial charge in [-0.15, -0.1) is 0 Å². The summed E-state index contributed by atoms with van der Waals surface area (Å²) in [4.78, 5) is 23.5. The van der Waals surface area contributed by atoms with Gasteiger partial charge in [-0.1, -0.05) is 62.4 Å². The summed E-state index contributed by atoms with van der Waals surface area (Å²) in [6, 6.07) is 13.6. The quantitative estimate of drug-likeness (QED) is 0.0896. The summed E-state index contributed by atoms with van der Waals surface area (Å²) in [6.45, 7) is 13.9. The fourth-order valence-corrected chi connectivity index (χ4v) is 10.9. The molecule has 10 heteroatoms. The minimum Gasteiger partial charge on any atom is -0.490 e. The molecule has 0 saturated heterocycles. The molecule has 0 bridgehead atoms. The second kappa shape index (κ2) is 15.1. The Morgan fingerprint density at radius 1 is 1.13 bits per heavy atom. The number of fused-ring (bicyclic) bond motifs is 3. The fourth-order valence-electron chi connectivity index (χ4n) is 8.42. The van der Waals surface area contributed by atoms with Crippen molar-refractivity contribution >= 4 is 43.3 Å². The zero-order chi connectivity index (χ0) is 36.7. The Morgan fingerprint density at radius 3 is 2.62 bits per heavy atom. The second-order valence-electron chi connectivity index (χ2n) is 17.2. The number of carboxylic acids is 1. The molecule has 1 N–H and O–H groups in total. The number of anilines is 1. The van der Waals surface area contributed by atoms with E-state index in [4.69, 9.17) is 20.8 Å². The van der Waals surface area contributed by atoms with Gasteiger partial charge in [0.2, 0.25) is 0 Å². The van der Waals surface area contributed by atoms with Crippen molar-refractivity contribution in [2.45, 2.75) is 101 Å². The molecule has 6 atom stereocenters. The van der Waals surface area contributed by atoms with Gasteiger partial charge in [-0.2, -0.15) is 0 Å². The molecule has 0 radical (unpaired) electrons. The van der Waals surface area contributed by atoms with Gasteiger partial charge in [-0.3, -0.25) is 0 Å². The van der Waals surface area contributed by atoms with E-state index in [1.54, 1.807) is 17.8 Å². The predicted molar refractivity (Wildman–Crippen MR) is 214 cm³/mol. The summed E-state index contributed by atoms with van der Waals surface area (Å²) in [6.07, 6.45) is 16.4. The minimum atomic E-state index is -2.08. The minimum absolute atomic E-state index is 0.0468. The van der Waals surface area contributed by atoms with Gasteiger partial charge >= 0.3 is 5.97 Å². The highest BCUT2D eigenvalue weighted by atomic mass is 35.5. The van der Waals surface area contributed by atoms with E-state index in [1.807, 2.05) is 36.7 Å². The van der Waals surface area contributed by atoms with Crippen LogP contribution in [0, 0.1) is 23.7 Å². The Bertz CT molecular complexity index is 1780. The van der Waals surface area contributed by atoms with Crippen molar-refractivity contribution in [3.8, 4) is 5.75 Å². The number of aromatic nitrogens is 2. The van der Waals surface area contributed by atoms with Crippen molar-refractivity contribution in [2.75, 3.05) is 30.3 Å². The maximum atomic E-state index is 12.2. The number of hydrogen-bond acceptors (Lipinski definition) is 7. The number of allylic oxidation sites excluding steroid dienone is 1. The molecule has 0 amide bonds. The van der Waals surface area contributed by atoms with Crippen LogP contribution in [0.1, 0.15) is 80.8 Å². The van der Waals surface area contributed by atoms with Gasteiger partial charge in [-0.05, 0) is 134 Å². The molecular weight excluding hydrogens is 706 g/mol. The van der Waals surface area contributed by atoms with E-state index in [0.717, 1.165) is 72.6 Å². The van der Waals surface area contributed by atoms with E-state index in [0.29, 0.717) is 35.8 Å². The number of aryl methyl sites for hydroxylation is 1. The van der Waals surface area contributed by atoms with Gasteiger partial charge < -0.3 is 19.2 Å². The molecule has 278 valence electrons.